The van der Waals surface area contributed by atoms with Crippen molar-refractivity contribution in [3.8, 4) is 5.75 Å². The molecule has 0 atom stereocenters. The third kappa shape index (κ3) is 3.98. The summed E-state index contributed by atoms with van der Waals surface area (Å²) in [5.74, 6) is -0.332. The largest absolute Gasteiger partial charge is 0.482 e. The normalized spacial score (nSPS) is 10.2. The van der Waals surface area contributed by atoms with E-state index in [0.717, 1.165) is 5.56 Å². The van der Waals surface area contributed by atoms with Crippen LogP contribution in [-0.4, -0.2) is 18.0 Å². The van der Waals surface area contributed by atoms with Crippen molar-refractivity contribution in [2.24, 2.45) is 0 Å². The number of carbonyl (C=O) groups is 1. The molecule has 2 aromatic carbocycles. The highest BCUT2D eigenvalue weighted by Crippen LogP contribution is 2.33. The number of methoxy groups -OCH3 is 1. The van der Waals surface area contributed by atoms with Crippen molar-refractivity contribution in [2.75, 3.05) is 7.11 Å². The van der Waals surface area contributed by atoms with Gasteiger partial charge in [0, 0.05) is 17.2 Å². The van der Waals surface area contributed by atoms with Crippen LogP contribution in [0.5, 0.6) is 5.75 Å². The molecule has 0 unspecified atom stereocenters. The Labute approximate surface area is 137 Å². The molecule has 0 saturated carbocycles. The summed E-state index contributed by atoms with van der Waals surface area (Å²) < 4.78 is 10.1. The number of benzene rings is 2. The number of nitro benzene ring substituents is 1. The van der Waals surface area contributed by atoms with Crippen LogP contribution in [0.3, 0.4) is 0 Å². The number of halogens is 1. The molecule has 0 saturated heterocycles. The smallest absolute Gasteiger partial charge is 0.337 e. The monoisotopic (exact) mass is 335 g/mol. The lowest BCUT2D eigenvalue weighted by molar-refractivity contribution is -0.386. The highest BCUT2D eigenvalue weighted by Gasteiger charge is 2.17. The standard InChI is InChI=1S/C16H14ClNO5/c1-10-7-14(18(20)21)15(8-13(10)17)23-9-11-3-5-12(6-4-11)16(19)22-2/h3-8H,9H2,1-2H3. The second-order valence-electron chi connectivity index (χ2n) is 4.80. The first-order valence-electron chi connectivity index (χ1n) is 6.67. The molecule has 0 aromatic heterocycles. The Balaban J connectivity index is 2.16. The molecule has 0 fully saturated rings. The second kappa shape index (κ2) is 7.11. The zero-order valence-electron chi connectivity index (χ0n) is 12.5. The van der Waals surface area contributed by atoms with Crippen molar-refractivity contribution >= 4 is 23.3 Å². The van der Waals surface area contributed by atoms with Crippen molar-refractivity contribution < 1.29 is 19.2 Å². The maximum Gasteiger partial charge on any atom is 0.337 e. The number of hydrogen-bond donors (Lipinski definition) is 0. The molecular weight excluding hydrogens is 322 g/mol. The summed E-state index contributed by atoms with van der Waals surface area (Å²) in [6.45, 7) is 1.80. The molecule has 6 nitrogen and oxygen atoms in total. The van der Waals surface area contributed by atoms with E-state index in [-0.39, 0.29) is 18.0 Å². The maximum atomic E-state index is 11.3. The number of ether oxygens (including phenoxy) is 2. The van der Waals surface area contributed by atoms with Crippen LogP contribution in [0.1, 0.15) is 21.5 Å². The Morgan fingerprint density at radius 3 is 2.48 bits per heavy atom. The van der Waals surface area contributed by atoms with Gasteiger partial charge in [0.15, 0.2) is 5.75 Å². The topological polar surface area (TPSA) is 78.7 Å². The summed E-state index contributed by atoms with van der Waals surface area (Å²) >= 11 is 5.99. The fraction of sp³-hybridized carbons (Fsp3) is 0.188. The summed E-state index contributed by atoms with van der Waals surface area (Å²) in [5.41, 5.74) is 1.63. The van der Waals surface area contributed by atoms with Gasteiger partial charge in [0.2, 0.25) is 0 Å². The van der Waals surface area contributed by atoms with E-state index in [0.29, 0.717) is 16.1 Å². The van der Waals surface area contributed by atoms with Gasteiger partial charge in [-0.25, -0.2) is 4.79 Å². The number of carbonyl (C=O) groups excluding carboxylic acids is 1. The molecule has 0 radical (unpaired) electrons. The maximum absolute atomic E-state index is 11.3. The van der Waals surface area contributed by atoms with Crippen molar-refractivity contribution in [3.63, 3.8) is 0 Å². The van der Waals surface area contributed by atoms with Gasteiger partial charge in [0.1, 0.15) is 6.61 Å². The average molecular weight is 336 g/mol. The molecule has 0 bridgehead atoms. The number of nitrogens with zero attached hydrogens (tertiary/aromatic N) is 1. The molecule has 0 heterocycles. The quantitative estimate of drug-likeness (QED) is 0.470. The lowest BCUT2D eigenvalue weighted by atomic mass is 10.1. The van der Waals surface area contributed by atoms with Gasteiger partial charge in [0.05, 0.1) is 17.6 Å². The Hall–Kier alpha value is -2.60. The number of hydrogen-bond acceptors (Lipinski definition) is 5. The van der Waals surface area contributed by atoms with Gasteiger partial charge in [-0.3, -0.25) is 10.1 Å². The van der Waals surface area contributed by atoms with E-state index in [1.807, 2.05) is 0 Å². The minimum Gasteiger partial charge on any atom is -0.482 e. The van der Waals surface area contributed by atoms with Crippen LogP contribution in [0.2, 0.25) is 5.02 Å². The van der Waals surface area contributed by atoms with Crippen LogP contribution in [0.4, 0.5) is 5.69 Å². The van der Waals surface area contributed by atoms with Crippen molar-refractivity contribution in [1.29, 1.82) is 0 Å². The van der Waals surface area contributed by atoms with E-state index in [1.54, 1.807) is 31.2 Å². The number of aryl methyl sites for hydroxylation is 1. The summed E-state index contributed by atoms with van der Waals surface area (Å²) in [7, 11) is 1.31. The summed E-state index contributed by atoms with van der Waals surface area (Å²) in [6, 6.07) is 9.37. The Kier molecular flexibility index (Phi) is 5.18. The van der Waals surface area contributed by atoms with E-state index in [2.05, 4.69) is 4.74 Å². The lowest BCUT2D eigenvalue weighted by Gasteiger charge is -2.09. The van der Waals surface area contributed by atoms with Crippen LogP contribution in [-0.2, 0) is 11.3 Å². The van der Waals surface area contributed by atoms with Crippen LogP contribution >= 0.6 is 11.6 Å². The third-order valence-electron chi connectivity index (χ3n) is 3.21. The predicted molar refractivity (Wildman–Crippen MR) is 85.0 cm³/mol. The highest BCUT2D eigenvalue weighted by atomic mass is 35.5. The SMILES string of the molecule is COC(=O)c1ccc(COc2cc(Cl)c(C)cc2[N+](=O)[O-])cc1. The van der Waals surface area contributed by atoms with E-state index >= 15 is 0 Å². The second-order valence-corrected chi connectivity index (χ2v) is 5.21. The van der Waals surface area contributed by atoms with Gasteiger partial charge >= 0.3 is 11.7 Å². The number of rotatable bonds is 5. The van der Waals surface area contributed by atoms with Gasteiger partial charge < -0.3 is 9.47 Å². The van der Waals surface area contributed by atoms with Crippen LogP contribution in [0.15, 0.2) is 36.4 Å². The molecule has 0 aliphatic rings. The third-order valence-corrected chi connectivity index (χ3v) is 3.61. The molecule has 120 valence electrons. The number of esters is 1. The molecule has 0 amide bonds. The molecule has 0 aliphatic heterocycles. The van der Waals surface area contributed by atoms with Gasteiger partial charge in [0.25, 0.3) is 0 Å². The molecule has 23 heavy (non-hydrogen) atoms. The van der Waals surface area contributed by atoms with Crippen molar-refractivity contribution in [2.45, 2.75) is 13.5 Å². The van der Waals surface area contributed by atoms with E-state index in [4.69, 9.17) is 16.3 Å². The van der Waals surface area contributed by atoms with Crippen molar-refractivity contribution in [1.82, 2.24) is 0 Å². The minimum atomic E-state index is -0.515. The lowest BCUT2D eigenvalue weighted by Crippen LogP contribution is -2.03. The van der Waals surface area contributed by atoms with E-state index in [9.17, 15) is 14.9 Å². The first-order valence-corrected chi connectivity index (χ1v) is 7.04. The van der Waals surface area contributed by atoms with E-state index < -0.39 is 10.9 Å². The molecule has 2 aromatic rings. The van der Waals surface area contributed by atoms with Crippen LogP contribution in [0.25, 0.3) is 0 Å². The zero-order chi connectivity index (χ0) is 17.0. The fourth-order valence-corrected chi connectivity index (χ4v) is 2.08. The zero-order valence-corrected chi connectivity index (χ0v) is 13.3. The fourth-order valence-electron chi connectivity index (χ4n) is 1.92. The first-order chi connectivity index (χ1) is 10.9. The van der Waals surface area contributed by atoms with Crippen LogP contribution in [0, 0.1) is 17.0 Å². The Morgan fingerprint density at radius 2 is 1.91 bits per heavy atom. The molecule has 7 heteroatoms. The van der Waals surface area contributed by atoms with Gasteiger partial charge in [-0.2, -0.15) is 0 Å². The van der Waals surface area contributed by atoms with Crippen molar-refractivity contribution in [3.05, 3.63) is 68.2 Å². The highest BCUT2D eigenvalue weighted by molar-refractivity contribution is 6.31. The molecule has 0 N–H and O–H groups in total. The molecule has 2 rings (SSSR count). The Morgan fingerprint density at radius 1 is 1.26 bits per heavy atom. The summed E-state index contributed by atoms with van der Waals surface area (Å²) in [6.07, 6.45) is 0. The molecule has 0 aliphatic carbocycles. The van der Waals surface area contributed by atoms with Gasteiger partial charge in [-0.1, -0.05) is 23.7 Å². The summed E-state index contributed by atoms with van der Waals surface area (Å²) in [5, 5.41) is 11.5. The minimum absolute atomic E-state index is 0.0997. The summed E-state index contributed by atoms with van der Waals surface area (Å²) in [4.78, 5) is 21.9. The first kappa shape index (κ1) is 16.8. The average Bonchev–Trinajstić information content (AvgIpc) is 2.55. The number of nitro groups is 1. The molecule has 0 spiro atoms. The van der Waals surface area contributed by atoms with Crippen LogP contribution < -0.4 is 4.74 Å². The molecular formula is C16H14ClNO5. The predicted octanol–water partition coefficient (Wildman–Crippen LogP) is 3.92. The van der Waals surface area contributed by atoms with Gasteiger partial charge in [-0.15, -0.1) is 0 Å². The Bertz CT molecular complexity index is 743. The van der Waals surface area contributed by atoms with Gasteiger partial charge in [-0.05, 0) is 30.2 Å². The van der Waals surface area contributed by atoms with E-state index in [1.165, 1.54) is 19.2 Å².